The predicted octanol–water partition coefficient (Wildman–Crippen LogP) is 20.8. The molecule has 0 aliphatic rings. The fourth-order valence-electron chi connectivity index (χ4n) is 10.4. The van der Waals surface area contributed by atoms with Gasteiger partial charge in [-0.25, -0.2) is 8.78 Å². The molecule has 0 fully saturated rings. The van der Waals surface area contributed by atoms with Gasteiger partial charge >= 0.3 is 0 Å². The fraction of sp³-hybridized carbons (Fsp3) is 0. The zero-order chi connectivity index (χ0) is 68.1. The number of benzene rings is 14. The number of hydrogen-bond acceptors (Lipinski definition) is 2. The first-order valence-corrected chi connectivity index (χ1v) is 24.1. The standard InChI is InChI=1S/C72H46F2N2/c73-65-45-57(47-17-5-1-6-18-47)43-63(51-23-9-3-10-24-51)71(65)75(59-35-29-49-21-13-15-27-55(49)41-59)67-39-33-53-32-38-62-68(40-34-54-31-37-61(67)69(53)70(54)62)76(60-36-30-50-22-14-16-28-56(50)42-60)72-64(52-25-11-4-12-26-52)44-58(46-66(72)74)48-19-7-2-8-20-48/h1-46H/i1D,2D,3D,4D,5D,6D,7D,8D,9D,10D,11D,12D,17D,18D,19D,20D,23D,24D,25D,26D. The fourth-order valence-corrected chi connectivity index (χ4v) is 10.4. The molecule has 0 aliphatic carbocycles. The molecule has 76 heavy (non-hydrogen) atoms. The number of fused-ring (bicyclic) bond motifs is 2. The van der Waals surface area contributed by atoms with Crippen LogP contribution < -0.4 is 9.80 Å². The Morgan fingerprint density at radius 3 is 1.03 bits per heavy atom. The Balaban J connectivity index is 1.10. The molecule has 14 rings (SSSR count). The number of halogens is 2. The second-order valence-electron chi connectivity index (χ2n) is 18.0. The molecule has 14 aromatic rings. The molecule has 0 unspecified atom stereocenters. The molecule has 0 aromatic heterocycles. The van der Waals surface area contributed by atoms with Gasteiger partial charge < -0.3 is 9.80 Å². The molecule has 0 spiro atoms. The van der Waals surface area contributed by atoms with Crippen molar-refractivity contribution in [2.24, 2.45) is 0 Å². The van der Waals surface area contributed by atoms with Crippen LogP contribution in [0.3, 0.4) is 0 Å². The van der Waals surface area contributed by atoms with Crippen molar-refractivity contribution in [1.29, 1.82) is 0 Å². The van der Waals surface area contributed by atoms with Crippen molar-refractivity contribution < 1.29 is 36.2 Å². The van der Waals surface area contributed by atoms with Gasteiger partial charge in [-0.05, 0) is 137 Å². The van der Waals surface area contributed by atoms with Crippen LogP contribution in [-0.2, 0) is 0 Å². The lowest BCUT2D eigenvalue weighted by atomic mass is 9.90. The van der Waals surface area contributed by atoms with E-state index in [0.29, 0.717) is 54.5 Å². The minimum Gasteiger partial charge on any atom is -0.307 e. The van der Waals surface area contributed by atoms with Gasteiger partial charge in [-0.1, -0.05) is 218 Å². The highest BCUT2D eigenvalue weighted by Gasteiger charge is 2.28. The van der Waals surface area contributed by atoms with Crippen LogP contribution in [0.2, 0.25) is 0 Å². The molecule has 2 nitrogen and oxygen atoms in total. The SMILES string of the molecule is [2H]c1c([2H])c([2H])c(-c2cc(F)c(N(c3ccc4ccccc4c3)c3ccc4ccc5c(N(c6ccc7ccccc7c6)c6c(F)cc(-c7c([2H])c([2H])c([2H])c([2H])c7[2H])cc6-c6c([2H])c([2H])c([2H])c([2H])c6[2H])ccc6ccc3c4c65)c(-c3c([2H])c([2H])c([2H])c([2H])c3[2H])c2)c([2H])c1[2H]. The lowest BCUT2D eigenvalue weighted by molar-refractivity contribution is 0.629. The smallest absolute Gasteiger partial charge is 0.148 e. The zero-order valence-corrected chi connectivity index (χ0v) is 39.7. The summed E-state index contributed by atoms with van der Waals surface area (Å²) in [5, 5.41) is 6.23. The van der Waals surface area contributed by atoms with Crippen molar-refractivity contribution in [3.8, 4) is 44.5 Å². The second-order valence-corrected chi connectivity index (χ2v) is 18.0. The molecular formula is C72H46F2N2. The van der Waals surface area contributed by atoms with Crippen LogP contribution in [0.4, 0.5) is 42.9 Å². The second kappa shape index (κ2) is 18.5. The summed E-state index contributed by atoms with van der Waals surface area (Å²) in [6, 6.07) is 29.6. The number of anilines is 6. The summed E-state index contributed by atoms with van der Waals surface area (Å²) in [5.41, 5.74) is -2.50. The number of nitrogens with zero attached hydrogens (tertiary/aromatic N) is 2. The van der Waals surface area contributed by atoms with Gasteiger partial charge in [0.1, 0.15) is 11.6 Å². The summed E-state index contributed by atoms with van der Waals surface area (Å²) in [5.74, 6) is -2.19. The highest BCUT2D eigenvalue weighted by molar-refractivity contribution is 6.28. The first kappa shape index (κ1) is 28.5. The Morgan fingerprint density at radius 1 is 0.289 bits per heavy atom. The van der Waals surface area contributed by atoms with E-state index >= 15 is 8.78 Å². The van der Waals surface area contributed by atoms with Crippen LogP contribution in [0.1, 0.15) is 27.4 Å². The van der Waals surface area contributed by atoms with E-state index in [1.807, 2.05) is 72.8 Å². The zero-order valence-electron chi connectivity index (χ0n) is 59.7. The highest BCUT2D eigenvalue weighted by atomic mass is 19.1. The van der Waals surface area contributed by atoms with E-state index in [9.17, 15) is 5.48 Å². The molecule has 0 radical (unpaired) electrons. The van der Waals surface area contributed by atoms with Crippen LogP contribution >= 0.6 is 0 Å². The van der Waals surface area contributed by atoms with Gasteiger partial charge in [0, 0.05) is 33.3 Å². The highest BCUT2D eigenvalue weighted by Crippen LogP contribution is 2.52. The molecule has 358 valence electrons. The molecule has 0 bridgehead atoms. The molecular weight excluding hydrogens is 931 g/mol. The van der Waals surface area contributed by atoms with Crippen molar-refractivity contribution >= 4 is 88.0 Å². The van der Waals surface area contributed by atoms with Gasteiger partial charge in [-0.3, -0.25) is 0 Å². The van der Waals surface area contributed by atoms with Crippen LogP contribution in [0.15, 0.2) is 279 Å². The molecule has 0 amide bonds. The summed E-state index contributed by atoms with van der Waals surface area (Å²) in [7, 11) is 0. The Kier molecular flexibility index (Phi) is 6.96. The quantitative estimate of drug-likeness (QED) is 0.126. The van der Waals surface area contributed by atoms with E-state index in [1.165, 1.54) is 21.9 Å². The maximum Gasteiger partial charge on any atom is 0.148 e. The van der Waals surface area contributed by atoms with Crippen LogP contribution in [0.5, 0.6) is 0 Å². The Hall–Kier alpha value is -9.90. The third kappa shape index (κ3) is 7.70. The summed E-state index contributed by atoms with van der Waals surface area (Å²) in [6.07, 6.45) is 0. The third-order valence-electron chi connectivity index (χ3n) is 13.8. The van der Waals surface area contributed by atoms with Gasteiger partial charge in [-0.15, -0.1) is 0 Å². The Bertz CT molecular complexity index is 5280. The van der Waals surface area contributed by atoms with Crippen LogP contribution in [0.25, 0.3) is 98.4 Å². The molecule has 4 heteroatoms. The minimum absolute atomic E-state index is 0.262. The first-order chi connectivity index (χ1) is 45.8. The Labute approximate surface area is 467 Å². The van der Waals surface area contributed by atoms with Crippen molar-refractivity contribution in [3.05, 3.63) is 290 Å². The average molecular weight is 997 g/mol. The summed E-state index contributed by atoms with van der Waals surface area (Å²) < 4.78 is 214. The molecule has 14 aromatic carbocycles. The van der Waals surface area contributed by atoms with E-state index in [1.54, 1.807) is 60.7 Å². The van der Waals surface area contributed by atoms with Gasteiger partial charge in [0.25, 0.3) is 0 Å². The molecule has 0 saturated heterocycles. The van der Waals surface area contributed by atoms with Gasteiger partial charge in [0.15, 0.2) is 0 Å². The maximum atomic E-state index is 18.7. The van der Waals surface area contributed by atoms with Crippen molar-refractivity contribution in [1.82, 2.24) is 0 Å². The molecule has 0 atom stereocenters. The maximum absolute atomic E-state index is 18.7. The van der Waals surface area contributed by atoms with Crippen molar-refractivity contribution in [2.75, 3.05) is 9.80 Å². The van der Waals surface area contributed by atoms with E-state index in [4.69, 9.17) is 21.9 Å². The first-order valence-electron chi connectivity index (χ1n) is 34.1. The third-order valence-corrected chi connectivity index (χ3v) is 13.8. The summed E-state index contributed by atoms with van der Waals surface area (Å²) >= 11 is 0. The van der Waals surface area contributed by atoms with E-state index in [0.717, 1.165) is 22.9 Å². The largest absolute Gasteiger partial charge is 0.307 e. The number of rotatable bonds is 10. The van der Waals surface area contributed by atoms with E-state index in [2.05, 4.69) is 0 Å². The minimum atomic E-state index is -1.09. The lowest BCUT2D eigenvalue weighted by Gasteiger charge is -2.32. The lowest BCUT2D eigenvalue weighted by Crippen LogP contribution is -2.15. The number of hydrogen-bond donors (Lipinski definition) is 0. The Morgan fingerprint density at radius 2 is 0.632 bits per heavy atom. The predicted molar refractivity (Wildman–Crippen MR) is 316 cm³/mol. The van der Waals surface area contributed by atoms with Gasteiger partial charge in [-0.2, -0.15) is 0 Å². The molecule has 0 N–H and O–H groups in total. The van der Waals surface area contributed by atoms with Crippen LogP contribution in [-0.4, -0.2) is 0 Å². The van der Waals surface area contributed by atoms with Gasteiger partial charge in [0.2, 0.25) is 0 Å². The topological polar surface area (TPSA) is 6.48 Å². The van der Waals surface area contributed by atoms with Crippen molar-refractivity contribution in [2.45, 2.75) is 0 Å². The molecule has 0 heterocycles. The van der Waals surface area contributed by atoms with Crippen molar-refractivity contribution in [3.63, 3.8) is 0 Å². The monoisotopic (exact) mass is 996 g/mol. The summed E-state index contributed by atoms with van der Waals surface area (Å²) in [4.78, 5) is 3.08. The summed E-state index contributed by atoms with van der Waals surface area (Å²) in [6.45, 7) is 0. The molecule has 0 aliphatic heterocycles. The van der Waals surface area contributed by atoms with Crippen LogP contribution in [0, 0.1) is 11.6 Å². The van der Waals surface area contributed by atoms with E-state index in [-0.39, 0.29) is 45.0 Å². The normalized spacial score (nSPS) is 15.2. The molecule has 0 saturated carbocycles. The van der Waals surface area contributed by atoms with E-state index < -0.39 is 155 Å². The van der Waals surface area contributed by atoms with Gasteiger partial charge in [0.05, 0.1) is 50.2 Å². The average Bonchev–Trinajstić information content (AvgIpc) is 0.715.